The van der Waals surface area contributed by atoms with Gasteiger partial charge >= 0.3 is 0 Å². The van der Waals surface area contributed by atoms with Gasteiger partial charge in [0.2, 0.25) is 0 Å². The van der Waals surface area contributed by atoms with Gasteiger partial charge in [0, 0.05) is 5.02 Å². The summed E-state index contributed by atoms with van der Waals surface area (Å²) in [5.41, 5.74) is 1.08. The van der Waals surface area contributed by atoms with E-state index in [9.17, 15) is 9.59 Å². The minimum Gasteiger partial charge on any atom is -0.493 e. The average Bonchev–Trinajstić information content (AvgIpc) is 2.73. The van der Waals surface area contributed by atoms with Gasteiger partial charge in [-0.15, -0.1) is 0 Å². The predicted molar refractivity (Wildman–Crippen MR) is 121 cm³/mol. The number of carbonyl (C=O) groups excluding carboxylic acids is 2. The largest absolute Gasteiger partial charge is 0.493 e. The van der Waals surface area contributed by atoms with Crippen molar-refractivity contribution >= 4 is 52.5 Å². The van der Waals surface area contributed by atoms with E-state index in [0.717, 1.165) is 6.42 Å². The summed E-state index contributed by atoms with van der Waals surface area (Å²) in [6.07, 6.45) is 2.38. The van der Waals surface area contributed by atoms with Crippen molar-refractivity contribution in [3.05, 3.63) is 58.6 Å². The first kappa shape index (κ1) is 21.8. The molecule has 1 atom stereocenters. The number of nitrogens with one attached hydrogen (secondary N) is 1. The first-order valence-electron chi connectivity index (χ1n) is 9.35. The van der Waals surface area contributed by atoms with Crippen molar-refractivity contribution in [1.82, 2.24) is 5.32 Å². The Kier molecular flexibility index (Phi) is 6.74. The van der Waals surface area contributed by atoms with Crippen LogP contribution in [0, 0.1) is 0 Å². The number of methoxy groups -OCH3 is 1. The maximum absolute atomic E-state index is 13.1. The molecule has 156 valence electrons. The minimum atomic E-state index is -0.561. The van der Waals surface area contributed by atoms with E-state index in [-0.39, 0.29) is 16.8 Å². The lowest BCUT2D eigenvalue weighted by atomic mass is 10.1. The van der Waals surface area contributed by atoms with E-state index in [0.29, 0.717) is 27.8 Å². The van der Waals surface area contributed by atoms with Crippen LogP contribution >= 0.6 is 23.8 Å². The van der Waals surface area contributed by atoms with Crippen molar-refractivity contribution in [1.29, 1.82) is 0 Å². The molecule has 3 rings (SSSR count). The second-order valence-electron chi connectivity index (χ2n) is 6.68. The predicted octanol–water partition coefficient (Wildman–Crippen LogP) is 4.36. The molecule has 1 fully saturated rings. The number of thiocarbonyl (C=S) groups is 1. The van der Waals surface area contributed by atoms with Crippen LogP contribution in [0.5, 0.6) is 11.5 Å². The molecular formula is C22H21ClN2O4S. The molecule has 2 amide bonds. The van der Waals surface area contributed by atoms with Gasteiger partial charge in [0.25, 0.3) is 11.8 Å². The summed E-state index contributed by atoms with van der Waals surface area (Å²) >= 11 is 11.1. The molecule has 1 saturated heterocycles. The number of benzene rings is 2. The third-order valence-corrected chi connectivity index (χ3v) is 5.12. The molecule has 2 aromatic carbocycles. The van der Waals surface area contributed by atoms with Gasteiger partial charge < -0.3 is 9.47 Å². The molecule has 1 unspecified atom stereocenters. The summed E-state index contributed by atoms with van der Waals surface area (Å²) in [6.45, 7) is 3.99. The van der Waals surface area contributed by atoms with E-state index in [2.05, 4.69) is 5.32 Å². The van der Waals surface area contributed by atoms with Gasteiger partial charge in [-0.3, -0.25) is 19.8 Å². The van der Waals surface area contributed by atoms with E-state index < -0.39 is 11.8 Å². The van der Waals surface area contributed by atoms with Gasteiger partial charge in [-0.1, -0.05) is 24.6 Å². The van der Waals surface area contributed by atoms with Crippen LogP contribution in [0.2, 0.25) is 5.02 Å². The zero-order valence-corrected chi connectivity index (χ0v) is 18.3. The lowest BCUT2D eigenvalue weighted by molar-refractivity contribution is -0.122. The van der Waals surface area contributed by atoms with Crippen LogP contribution in [0.25, 0.3) is 6.08 Å². The Morgan fingerprint density at radius 3 is 2.50 bits per heavy atom. The van der Waals surface area contributed by atoms with Crippen LogP contribution < -0.4 is 19.7 Å². The van der Waals surface area contributed by atoms with E-state index in [1.54, 1.807) is 42.5 Å². The summed E-state index contributed by atoms with van der Waals surface area (Å²) < 4.78 is 11.3. The maximum Gasteiger partial charge on any atom is 0.270 e. The first-order chi connectivity index (χ1) is 14.3. The number of carbonyl (C=O) groups is 2. The Labute approximate surface area is 185 Å². The van der Waals surface area contributed by atoms with Crippen LogP contribution in [-0.2, 0) is 9.59 Å². The third-order valence-electron chi connectivity index (χ3n) is 4.59. The van der Waals surface area contributed by atoms with Gasteiger partial charge in [-0.2, -0.15) is 0 Å². The molecule has 1 heterocycles. The summed E-state index contributed by atoms with van der Waals surface area (Å²) in [4.78, 5) is 26.8. The number of nitrogens with zero attached hydrogens (tertiary/aromatic N) is 1. The lowest BCUT2D eigenvalue weighted by Gasteiger charge is -2.29. The minimum absolute atomic E-state index is 0.0133. The Bertz CT molecular complexity index is 1020. The molecule has 0 aliphatic carbocycles. The molecule has 0 radical (unpaired) electrons. The SMILES string of the molecule is CCC(C)Oc1ccc(/C=C2/C(=O)NC(=S)N(c3ccc(Cl)cc3)C2=O)cc1OC. The Balaban J connectivity index is 1.95. The Morgan fingerprint density at radius 1 is 1.17 bits per heavy atom. The van der Waals surface area contributed by atoms with Crippen LogP contribution in [0.1, 0.15) is 25.8 Å². The molecule has 0 spiro atoms. The van der Waals surface area contributed by atoms with Crippen molar-refractivity contribution in [3.63, 3.8) is 0 Å². The lowest BCUT2D eigenvalue weighted by Crippen LogP contribution is -2.54. The molecule has 30 heavy (non-hydrogen) atoms. The van der Waals surface area contributed by atoms with Crippen LogP contribution in [-0.4, -0.2) is 30.1 Å². The highest BCUT2D eigenvalue weighted by Crippen LogP contribution is 2.31. The Morgan fingerprint density at radius 2 is 1.87 bits per heavy atom. The molecule has 0 bridgehead atoms. The maximum atomic E-state index is 13.1. The third kappa shape index (κ3) is 4.63. The number of hydrogen-bond acceptors (Lipinski definition) is 5. The zero-order chi connectivity index (χ0) is 21.8. The van der Waals surface area contributed by atoms with Gasteiger partial charge in [-0.25, -0.2) is 0 Å². The Hall–Kier alpha value is -2.90. The van der Waals surface area contributed by atoms with Crippen molar-refractivity contribution in [2.24, 2.45) is 0 Å². The van der Waals surface area contributed by atoms with Gasteiger partial charge in [0.15, 0.2) is 16.6 Å². The van der Waals surface area contributed by atoms with Gasteiger partial charge in [0.1, 0.15) is 5.57 Å². The number of ether oxygens (including phenoxy) is 2. The molecule has 1 aliphatic heterocycles. The highest BCUT2D eigenvalue weighted by Gasteiger charge is 2.34. The fraction of sp³-hybridized carbons (Fsp3) is 0.227. The van der Waals surface area contributed by atoms with E-state index >= 15 is 0 Å². The highest BCUT2D eigenvalue weighted by atomic mass is 35.5. The fourth-order valence-electron chi connectivity index (χ4n) is 2.82. The molecular weight excluding hydrogens is 424 g/mol. The van der Waals surface area contributed by atoms with Crippen LogP contribution in [0.15, 0.2) is 48.0 Å². The summed E-state index contributed by atoms with van der Waals surface area (Å²) in [5.74, 6) is 0.0230. The quantitative estimate of drug-likeness (QED) is 0.407. The fourth-order valence-corrected chi connectivity index (χ4v) is 3.23. The van der Waals surface area contributed by atoms with Crippen molar-refractivity contribution in [3.8, 4) is 11.5 Å². The van der Waals surface area contributed by atoms with E-state index in [1.165, 1.54) is 18.1 Å². The zero-order valence-electron chi connectivity index (χ0n) is 16.8. The van der Waals surface area contributed by atoms with E-state index in [1.807, 2.05) is 13.8 Å². The van der Waals surface area contributed by atoms with Crippen LogP contribution in [0.3, 0.4) is 0 Å². The van der Waals surface area contributed by atoms with Crippen molar-refractivity contribution in [2.75, 3.05) is 12.0 Å². The molecule has 0 saturated carbocycles. The monoisotopic (exact) mass is 444 g/mol. The molecule has 6 nitrogen and oxygen atoms in total. The number of amides is 2. The second kappa shape index (κ2) is 9.28. The highest BCUT2D eigenvalue weighted by molar-refractivity contribution is 7.80. The number of hydrogen-bond donors (Lipinski definition) is 1. The summed E-state index contributed by atoms with van der Waals surface area (Å²) in [7, 11) is 1.54. The molecule has 8 heteroatoms. The first-order valence-corrected chi connectivity index (χ1v) is 10.1. The van der Waals surface area contributed by atoms with E-state index in [4.69, 9.17) is 33.3 Å². The molecule has 0 aromatic heterocycles. The number of rotatable bonds is 6. The van der Waals surface area contributed by atoms with Crippen molar-refractivity contribution < 1.29 is 19.1 Å². The molecule has 1 aliphatic rings. The van der Waals surface area contributed by atoms with Crippen LogP contribution in [0.4, 0.5) is 5.69 Å². The average molecular weight is 445 g/mol. The smallest absolute Gasteiger partial charge is 0.270 e. The normalized spacial score (nSPS) is 16.5. The molecule has 1 N–H and O–H groups in total. The number of halogens is 1. The molecule has 2 aromatic rings. The van der Waals surface area contributed by atoms with Crippen molar-refractivity contribution in [2.45, 2.75) is 26.4 Å². The standard InChI is InChI=1S/C22H21ClN2O4S/c1-4-13(2)29-18-10-5-14(12-19(18)28-3)11-17-20(26)24-22(30)25(21(17)27)16-8-6-15(23)7-9-16/h5-13H,4H2,1-3H3,(H,24,26,30)/b17-11-. The summed E-state index contributed by atoms with van der Waals surface area (Å²) in [5, 5.41) is 3.10. The topological polar surface area (TPSA) is 67.9 Å². The van der Waals surface area contributed by atoms with Gasteiger partial charge in [0.05, 0.1) is 18.9 Å². The number of anilines is 1. The summed E-state index contributed by atoms with van der Waals surface area (Å²) in [6, 6.07) is 11.8. The second-order valence-corrected chi connectivity index (χ2v) is 7.50. The van der Waals surface area contributed by atoms with Gasteiger partial charge in [-0.05, 0) is 73.6 Å².